The lowest BCUT2D eigenvalue weighted by Gasteiger charge is -2.13. The minimum absolute atomic E-state index is 0.0179. The molecule has 1 N–H and O–H groups in total. The van der Waals surface area contributed by atoms with E-state index in [1.807, 2.05) is 0 Å². The first kappa shape index (κ1) is 20.8. The Balaban J connectivity index is 1.60. The van der Waals surface area contributed by atoms with E-state index in [-0.39, 0.29) is 24.6 Å². The van der Waals surface area contributed by atoms with E-state index in [1.54, 1.807) is 36.4 Å². The lowest BCUT2D eigenvalue weighted by molar-refractivity contribution is -0.116. The average Bonchev–Trinajstić information content (AvgIpc) is 3.43. The molecule has 0 unspecified atom stereocenters. The Morgan fingerprint density at radius 1 is 1.09 bits per heavy atom. The summed E-state index contributed by atoms with van der Waals surface area (Å²) in [5.74, 6) is 0.148. The number of anilines is 1. The van der Waals surface area contributed by atoms with Gasteiger partial charge in [-0.1, -0.05) is 11.6 Å². The van der Waals surface area contributed by atoms with Gasteiger partial charge in [-0.2, -0.15) is 0 Å². The minimum Gasteiger partial charge on any atom is -0.467 e. The summed E-state index contributed by atoms with van der Waals surface area (Å²) in [7, 11) is 0. The summed E-state index contributed by atoms with van der Waals surface area (Å²) < 4.78 is 7.94. The standard InChI is InChI=1S/C23H20ClN3O4S/c24-14-7-9-15(10-8-14)25-19(28)13-27-22-20(17-5-1-2-6-18(17)32-22)21(29)26(23(27)30)12-16-4-3-11-31-16/h3-4,7-11H,1-2,5-6,12-13H2,(H,25,28). The van der Waals surface area contributed by atoms with Crippen molar-refractivity contribution in [3.8, 4) is 0 Å². The van der Waals surface area contributed by atoms with Crippen LogP contribution in [0.2, 0.25) is 5.02 Å². The summed E-state index contributed by atoms with van der Waals surface area (Å²) >= 11 is 7.36. The van der Waals surface area contributed by atoms with E-state index in [9.17, 15) is 14.4 Å². The van der Waals surface area contributed by atoms with Crippen LogP contribution >= 0.6 is 22.9 Å². The van der Waals surface area contributed by atoms with Crippen LogP contribution in [0, 0.1) is 0 Å². The molecule has 0 saturated carbocycles. The Kier molecular flexibility index (Phi) is 5.48. The molecule has 164 valence electrons. The molecule has 7 nitrogen and oxygen atoms in total. The Bertz CT molecular complexity index is 1410. The number of furan rings is 1. The van der Waals surface area contributed by atoms with Crippen molar-refractivity contribution in [1.29, 1.82) is 0 Å². The summed E-state index contributed by atoms with van der Waals surface area (Å²) in [6.45, 7) is -0.181. The number of benzene rings is 1. The van der Waals surface area contributed by atoms with Crippen molar-refractivity contribution in [3.05, 3.63) is 84.7 Å². The van der Waals surface area contributed by atoms with Crippen molar-refractivity contribution in [2.24, 2.45) is 0 Å². The zero-order valence-electron chi connectivity index (χ0n) is 17.1. The van der Waals surface area contributed by atoms with Gasteiger partial charge < -0.3 is 9.73 Å². The summed E-state index contributed by atoms with van der Waals surface area (Å²) in [5.41, 5.74) is 0.748. The van der Waals surface area contributed by atoms with Gasteiger partial charge in [-0.3, -0.25) is 18.7 Å². The van der Waals surface area contributed by atoms with Crippen LogP contribution in [-0.4, -0.2) is 15.0 Å². The van der Waals surface area contributed by atoms with E-state index in [0.717, 1.165) is 36.1 Å². The molecule has 0 bridgehead atoms. The molecule has 0 atom stereocenters. The molecule has 0 aliphatic heterocycles. The Morgan fingerprint density at radius 3 is 2.62 bits per heavy atom. The fourth-order valence-corrected chi connectivity index (χ4v) is 5.63. The van der Waals surface area contributed by atoms with Crippen molar-refractivity contribution in [2.75, 3.05) is 5.32 Å². The zero-order valence-corrected chi connectivity index (χ0v) is 18.7. The molecule has 0 spiro atoms. The normalized spacial score (nSPS) is 13.3. The second-order valence-corrected chi connectivity index (χ2v) is 9.31. The third-order valence-electron chi connectivity index (χ3n) is 5.64. The largest absolute Gasteiger partial charge is 0.467 e. The van der Waals surface area contributed by atoms with E-state index < -0.39 is 5.69 Å². The highest BCUT2D eigenvalue weighted by Crippen LogP contribution is 2.34. The number of rotatable bonds is 5. The van der Waals surface area contributed by atoms with Crippen LogP contribution in [0.25, 0.3) is 10.2 Å². The van der Waals surface area contributed by atoms with Crippen molar-refractivity contribution in [1.82, 2.24) is 9.13 Å². The lowest BCUT2D eigenvalue weighted by Crippen LogP contribution is -2.41. The fourth-order valence-electron chi connectivity index (χ4n) is 4.13. The predicted molar refractivity (Wildman–Crippen MR) is 125 cm³/mol. The molecule has 32 heavy (non-hydrogen) atoms. The highest BCUT2D eigenvalue weighted by Gasteiger charge is 2.24. The second kappa shape index (κ2) is 8.44. The summed E-state index contributed by atoms with van der Waals surface area (Å²) in [6.07, 6.45) is 5.26. The number of nitrogens with zero attached hydrogens (tertiary/aromatic N) is 2. The zero-order chi connectivity index (χ0) is 22.2. The second-order valence-electron chi connectivity index (χ2n) is 7.79. The molecule has 3 heterocycles. The molecule has 4 aromatic rings. The van der Waals surface area contributed by atoms with E-state index >= 15 is 0 Å². The van der Waals surface area contributed by atoms with Crippen molar-refractivity contribution < 1.29 is 9.21 Å². The molecule has 1 aliphatic rings. The van der Waals surface area contributed by atoms with Gasteiger partial charge >= 0.3 is 5.69 Å². The third kappa shape index (κ3) is 3.80. The lowest BCUT2D eigenvalue weighted by atomic mass is 9.97. The molecule has 0 radical (unpaired) electrons. The van der Waals surface area contributed by atoms with E-state index in [2.05, 4.69) is 5.32 Å². The van der Waals surface area contributed by atoms with Crippen LogP contribution in [0.4, 0.5) is 5.69 Å². The van der Waals surface area contributed by atoms with Gasteiger partial charge in [0.1, 0.15) is 17.1 Å². The van der Waals surface area contributed by atoms with Crippen LogP contribution < -0.4 is 16.6 Å². The maximum atomic E-state index is 13.4. The topological polar surface area (TPSA) is 86.2 Å². The number of fused-ring (bicyclic) bond motifs is 3. The van der Waals surface area contributed by atoms with Crippen LogP contribution in [0.15, 0.2) is 56.7 Å². The number of hydrogen-bond acceptors (Lipinski definition) is 5. The van der Waals surface area contributed by atoms with Gasteiger partial charge in [0, 0.05) is 15.6 Å². The van der Waals surface area contributed by atoms with Crippen LogP contribution in [0.1, 0.15) is 29.0 Å². The van der Waals surface area contributed by atoms with Crippen LogP contribution in [0.5, 0.6) is 0 Å². The first-order valence-corrected chi connectivity index (χ1v) is 11.6. The molecule has 1 amide bonds. The molecule has 0 fully saturated rings. The highest BCUT2D eigenvalue weighted by molar-refractivity contribution is 7.18. The van der Waals surface area contributed by atoms with Gasteiger partial charge in [-0.25, -0.2) is 4.79 Å². The van der Waals surface area contributed by atoms with Gasteiger partial charge in [0.15, 0.2) is 0 Å². The first-order valence-electron chi connectivity index (χ1n) is 10.4. The number of thiophene rings is 1. The van der Waals surface area contributed by atoms with E-state index in [1.165, 1.54) is 26.7 Å². The maximum absolute atomic E-state index is 13.4. The van der Waals surface area contributed by atoms with Gasteiger partial charge in [0.05, 0.1) is 18.2 Å². The molecule has 1 aromatic carbocycles. The number of nitrogens with one attached hydrogen (secondary N) is 1. The fraction of sp³-hybridized carbons (Fsp3) is 0.261. The van der Waals surface area contributed by atoms with E-state index in [0.29, 0.717) is 26.7 Å². The first-order chi connectivity index (χ1) is 15.5. The van der Waals surface area contributed by atoms with Crippen molar-refractivity contribution in [2.45, 2.75) is 38.8 Å². The highest BCUT2D eigenvalue weighted by atomic mass is 35.5. The number of aryl methyl sites for hydroxylation is 2. The van der Waals surface area contributed by atoms with Gasteiger partial charge in [-0.05, 0) is 67.6 Å². The number of aromatic nitrogens is 2. The number of hydrogen-bond donors (Lipinski definition) is 1. The quantitative estimate of drug-likeness (QED) is 0.478. The number of carbonyl (C=O) groups excluding carboxylic acids is 1. The number of carbonyl (C=O) groups is 1. The van der Waals surface area contributed by atoms with E-state index in [4.69, 9.17) is 16.0 Å². The minimum atomic E-state index is -0.524. The van der Waals surface area contributed by atoms with Gasteiger partial charge in [0.2, 0.25) is 5.91 Å². The third-order valence-corrected chi connectivity index (χ3v) is 7.21. The van der Waals surface area contributed by atoms with Crippen LogP contribution in [0.3, 0.4) is 0 Å². The molecular formula is C23H20ClN3O4S. The van der Waals surface area contributed by atoms with Gasteiger partial charge in [0.25, 0.3) is 5.56 Å². The van der Waals surface area contributed by atoms with Gasteiger partial charge in [-0.15, -0.1) is 11.3 Å². The molecule has 3 aromatic heterocycles. The predicted octanol–water partition coefficient (Wildman–Crippen LogP) is 4.04. The average molecular weight is 470 g/mol. The molecule has 0 saturated heterocycles. The maximum Gasteiger partial charge on any atom is 0.333 e. The SMILES string of the molecule is O=C(Cn1c(=O)n(Cc2ccco2)c(=O)c2c3c(sc21)CCCC3)Nc1ccc(Cl)cc1. The van der Waals surface area contributed by atoms with Crippen molar-refractivity contribution >= 4 is 44.7 Å². The Hall–Kier alpha value is -3.10. The summed E-state index contributed by atoms with van der Waals surface area (Å²) in [5, 5.41) is 3.91. The molecule has 9 heteroatoms. The Morgan fingerprint density at radius 2 is 1.88 bits per heavy atom. The molecule has 1 aliphatic carbocycles. The number of halogens is 1. The summed E-state index contributed by atoms with van der Waals surface area (Å²) in [6, 6.07) is 10.2. The number of amides is 1. The monoisotopic (exact) mass is 469 g/mol. The Labute approximate surface area is 191 Å². The van der Waals surface area contributed by atoms with Crippen LogP contribution in [-0.2, 0) is 30.7 Å². The smallest absolute Gasteiger partial charge is 0.333 e. The van der Waals surface area contributed by atoms with Crippen molar-refractivity contribution in [3.63, 3.8) is 0 Å². The molecular weight excluding hydrogens is 450 g/mol. The molecule has 5 rings (SSSR count). The summed E-state index contributed by atoms with van der Waals surface area (Å²) in [4.78, 5) is 41.2.